The molecule has 2 amide bonds. The van der Waals surface area contributed by atoms with Crippen molar-refractivity contribution >= 4 is 21.8 Å². The fourth-order valence-electron chi connectivity index (χ4n) is 4.78. The van der Waals surface area contributed by atoms with Gasteiger partial charge in [0, 0.05) is 32.2 Å². The number of nitrogens with two attached hydrogens (primary N) is 2. The molecule has 148 valence electrons. The van der Waals surface area contributed by atoms with Crippen molar-refractivity contribution in [2.75, 3.05) is 26.2 Å². The molecule has 3 fully saturated rings. The zero-order valence-electron chi connectivity index (χ0n) is 14.9. The van der Waals surface area contributed by atoms with E-state index in [4.69, 9.17) is 15.9 Å². The van der Waals surface area contributed by atoms with E-state index >= 15 is 0 Å². The SMILES string of the molecule is NC(=O)c1ccc(S(=O)(=O)N2CCN(C(=O)C3C4CCC(C4)C3N)CC2)o1. The number of amides is 2. The van der Waals surface area contributed by atoms with Crippen LogP contribution in [0.2, 0.25) is 0 Å². The standard InChI is InChI=1S/C17H24N4O5S/c18-15-11-2-1-10(9-11)14(15)17(23)20-5-7-21(8-6-20)27(24,25)13-4-3-12(26-13)16(19)22/h3-4,10-11,14-15H,1-2,5-9,18H2,(H2,19,22). The summed E-state index contributed by atoms with van der Waals surface area (Å²) in [6, 6.07) is 2.39. The Morgan fingerprint density at radius 3 is 2.30 bits per heavy atom. The Hall–Kier alpha value is -1.91. The molecule has 4 rings (SSSR count). The molecular weight excluding hydrogens is 372 g/mol. The molecule has 1 saturated heterocycles. The highest BCUT2D eigenvalue weighted by Gasteiger charge is 2.50. The quantitative estimate of drug-likeness (QED) is 0.709. The first-order chi connectivity index (χ1) is 12.8. The van der Waals surface area contributed by atoms with Gasteiger partial charge in [-0.05, 0) is 43.2 Å². The molecule has 2 aliphatic carbocycles. The minimum Gasteiger partial charge on any atom is -0.438 e. The van der Waals surface area contributed by atoms with Crippen molar-refractivity contribution in [2.24, 2.45) is 29.2 Å². The van der Waals surface area contributed by atoms with Crippen molar-refractivity contribution in [3.63, 3.8) is 0 Å². The predicted octanol–water partition coefficient (Wildman–Crippen LogP) is -0.415. The number of rotatable bonds is 4. The van der Waals surface area contributed by atoms with E-state index in [1.165, 1.54) is 16.4 Å². The number of piperazine rings is 1. The maximum atomic E-state index is 12.9. The molecule has 27 heavy (non-hydrogen) atoms. The van der Waals surface area contributed by atoms with Crippen LogP contribution in [0.5, 0.6) is 0 Å². The summed E-state index contributed by atoms with van der Waals surface area (Å²) in [4.78, 5) is 25.8. The van der Waals surface area contributed by atoms with Crippen molar-refractivity contribution in [2.45, 2.75) is 30.4 Å². The van der Waals surface area contributed by atoms with Gasteiger partial charge in [-0.25, -0.2) is 8.42 Å². The molecule has 10 heteroatoms. The third-order valence-corrected chi connectivity index (χ3v) is 8.01. The van der Waals surface area contributed by atoms with Gasteiger partial charge >= 0.3 is 0 Å². The summed E-state index contributed by atoms with van der Waals surface area (Å²) in [5, 5.41) is -0.314. The molecule has 2 bridgehead atoms. The van der Waals surface area contributed by atoms with Gasteiger partial charge in [-0.2, -0.15) is 4.31 Å². The first-order valence-corrected chi connectivity index (χ1v) is 10.7. The van der Waals surface area contributed by atoms with Crippen LogP contribution in [0.4, 0.5) is 0 Å². The van der Waals surface area contributed by atoms with Gasteiger partial charge in [0.25, 0.3) is 15.9 Å². The molecule has 1 aromatic heterocycles. The molecule has 0 aromatic carbocycles. The molecule has 4 atom stereocenters. The number of fused-ring (bicyclic) bond motifs is 2. The van der Waals surface area contributed by atoms with Gasteiger partial charge in [0.15, 0.2) is 5.76 Å². The van der Waals surface area contributed by atoms with Gasteiger partial charge in [-0.1, -0.05) is 0 Å². The van der Waals surface area contributed by atoms with E-state index in [-0.39, 0.29) is 41.8 Å². The summed E-state index contributed by atoms with van der Waals surface area (Å²) in [6.07, 6.45) is 3.20. The highest BCUT2D eigenvalue weighted by Crippen LogP contribution is 2.48. The largest absolute Gasteiger partial charge is 0.438 e. The number of hydrogen-bond acceptors (Lipinski definition) is 6. The Kier molecular flexibility index (Phi) is 4.52. The summed E-state index contributed by atoms with van der Waals surface area (Å²) in [5.74, 6) is -0.281. The third-order valence-electron chi connectivity index (χ3n) is 6.23. The van der Waals surface area contributed by atoms with E-state index in [9.17, 15) is 18.0 Å². The number of primary amides is 1. The molecule has 1 aliphatic heterocycles. The second kappa shape index (κ2) is 6.61. The molecule has 0 spiro atoms. The van der Waals surface area contributed by atoms with Gasteiger partial charge < -0.3 is 20.8 Å². The fraction of sp³-hybridized carbons (Fsp3) is 0.647. The summed E-state index contributed by atoms with van der Waals surface area (Å²) in [5.41, 5.74) is 11.4. The lowest BCUT2D eigenvalue weighted by Crippen LogP contribution is -2.54. The lowest BCUT2D eigenvalue weighted by Gasteiger charge is -2.37. The predicted molar refractivity (Wildman–Crippen MR) is 94.9 cm³/mol. The summed E-state index contributed by atoms with van der Waals surface area (Å²) in [6.45, 7) is 0.998. The average Bonchev–Trinajstić information content (AvgIpc) is 3.37. The van der Waals surface area contributed by atoms with Crippen LogP contribution in [0.15, 0.2) is 21.6 Å². The molecule has 1 aromatic rings. The maximum Gasteiger partial charge on any atom is 0.284 e. The molecule has 2 heterocycles. The lowest BCUT2D eigenvalue weighted by molar-refractivity contribution is -0.139. The van der Waals surface area contributed by atoms with Gasteiger partial charge in [-0.15, -0.1) is 0 Å². The molecule has 3 aliphatic rings. The second-order valence-corrected chi connectivity index (χ2v) is 9.52. The van der Waals surface area contributed by atoms with Crippen LogP contribution in [0.25, 0.3) is 0 Å². The van der Waals surface area contributed by atoms with E-state index in [2.05, 4.69) is 0 Å². The van der Waals surface area contributed by atoms with Crippen LogP contribution in [0.1, 0.15) is 29.8 Å². The number of furan rings is 1. The van der Waals surface area contributed by atoms with Crippen LogP contribution < -0.4 is 11.5 Å². The minimum absolute atomic E-state index is 0.0563. The third kappa shape index (κ3) is 3.05. The van der Waals surface area contributed by atoms with E-state index in [0.717, 1.165) is 19.3 Å². The van der Waals surface area contributed by atoms with Crippen LogP contribution in [0, 0.1) is 17.8 Å². The van der Waals surface area contributed by atoms with Gasteiger partial charge in [0.05, 0.1) is 5.92 Å². The Morgan fingerprint density at radius 2 is 1.74 bits per heavy atom. The summed E-state index contributed by atoms with van der Waals surface area (Å²) in [7, 11) is -3.87. The summed E-state index contributed by atoms with van der Waals surface area (Å²) >= 11 is 0. The van der Waals surface area contributed by atoms with Crippen LogP contribution in [-0.4, -0.2) is 61.7 Å². The highest BCUT2D eigenvalue weighted by molar-refractivity contribution is 7.89. The van der Waals surface area contributed by atoms with Gasteiger partial charge in [0.1, 0.15) is 0 Å². The Morgan fingerprint density at radius 1 is 1.07 bits per heavy atom. The smallest absolute Gasteiger partial charge is 0.284 e. The molecule has 2 saturated carbocycles. The molecule has 0 radical (unpaired) electrons. The zero-order chi connectivity index (χ0) is 19.3. The molecule has 9 nitrogen and oxygen atoms in total. The first kappa shape index (κ1) is 18.5. The van der Waals surface area contributed by atoms with E-state index in [1.807, 2.05) is 0 Å². The van der Waals surface area contributed by atoms with Crippen molar-refractivity contribution in [3.8, 4) is 0 Å². The Labute approximate surface area is 157 Å². The van der Waals surface area contributed by atoms with Crippen molar-refractivity contribution in [1.82, 2.24) is 9.21 Å². The fourth-order valence-corrected chi connectivity index (χ4v) is 6.11. The number of hydrogen-bond donors (Lipinski definition) is 2. The van der Waals surface area contributed by atoms with E-state index in [0.29, 0.717) is 24.9 Å². The maximum absolute atomic E-state index is 12.9. The lowest BCUT2D eigenvalue weighted by atomic mass is 9.84. The van der Waals surface area contributed by atoms with Crippen molar-refractivity contribution in [1.29, 1.82) is 0 Å². The second-order valence-electron chi connectivity index (χ2n) is 7.65. The monoisotopic (exact) mass is 396 g/mol. The topological polar surface area (TPSA) is 140 Å². The number of nitrogens with zero attached hydrogens (tertiary/aromatic N) is 2. The van der Waals surface area contributed by atoms with Crippen molar-refractivity contribution in [3.05, 3.63) is 17.9 Å². The summed E-state index contributed by atoms with van der Waals surface area (Å²) < 4.78 is 31.7. The van der Waals surface area contributed by atoms with E-state index in [1.54, 1.807) is 4.90 Å². The van der Waals surface area contributed by atoms with Crippen LogP contribution in [0.3, 0.4) is 0 Å². The van der Waals surface area contributed by atoms with Gasteiger partial charge in [-0.3, -0.25) is 9.59 Å². The van der Waals surface area contributed by atoms with Crippen molar-refractivity contribution < 1.29 is 22.4 Å². The van der Waals surface area contributed by atoms with Crippen LogP contribution >= 0.6 is 0 Å². The van der Waals surface area contributed by atoms with Crippen LogP contribution in [-0.2, 0) is 14.8 Å². The molecule has 4 unspecified atom stereocenters. The number of sulfonamides is 1. The minimum atomic E-state index is -3.87. The van der Waals surface area contributed by atoms with Gasteiger partial charge in [0.2, 0.25) is 11.0 Å². The normalized spacial score (nSPS) is 31.4. The number of carbonyl (C=O) groups is 2. The van der Waals surface area contributed by atoms with E-state index < -0.39 is 15.9 Å². The zero-order valence-corrected chi connectivity index (χ0v) is 15.7. The molecule has 4 N–H and O–H groups in total. The molecular formula is C17H24N4O5S. The first-order valence-electron chi connectivity index (χ1n) is 9.23. The highest BCUT2D eigenvalue weighted by atomic mass is 32.2. The Balaban J connectivity index is 1.41. The number of carbonyl (C=O) groups excluding carboxylic acids is 2. The average molecular weight is 396 g/mol. The Bertz CT molecular complexity index is 856.